The third-order valence-corrected chi connectivity index (χ3v) is 4.42. The normalized spacial score (nSPS) is 17.0. The van der Waals surface area contributed by atoms with Crippen LogP contribution < -0.4 is 10.5 Å². The lowest BCUT2D eigenvalue weighted by Crippen LogP contribution is -2.32. The number of hydrogen-bond donors (Lipinski definition) is 2. The molecular weight excluding hydrogens is 224 g/mol. The quantitative estimate of drug-likeness (QED) is 0.780. The van der Waals surface area contributed by atoms with Crippen LogP contribution in [0.1, 0.15) is 19.3 Å². The Labute approximate surface area is 95.9 Å². The predicted molar refractivity (Wildman–Crippen MR) is 63.4 cm³/mol. The maximum atomic E-state index is 11.8. The average molecular weight is 240 g/mol. The summed E-state index contributed by atoms with van der Waals surface area (Å²) in [6.45, 7) is 0.548. The van der Waals surface area contributed by atoms with Gasteiger partial charge >= 0.3 is 0 Å². The van der Waals surface area contributed by atoms with Gasteiger partial charge in [0.15, 0.2) is 0 Å². The lowest BCUT2D eigenvalue weighted by Gasteiger charge is -2.25. The Balaban J connectivity index is 2.02. The van der Waals surface area contributed by atoms with E-state index in [0.29, 0.717) is 18.2 Å². The first-order valence-corrected chi connectivity index (χ1v) is 6.91. The van der Waals surface area contributed by atoms with E-state index in [1.54, 1.807) is 12.1 Å². The Bertz CT molecular complexity index is 449. The third-order valence-electron chi connectivity index (χ3n) is 2.98. The molecule has 1 aromatic carbocycles. The van der Waals surface area contributed by atoms with Gasteiger partial charge in [0.25, 0.3) is 0 Å². The zero-order valence-corrected chi connectivity index (χ0v) is 9.83. The van der Waals surface area contributed by atoms with Crippen LogP contribution in [0.5, 0.6) is 0 Å². The Morgan fingerprint density at radius 2 is 1.88 bits per heavy atom. The van der Waals surface area contributed by atoms with Crippen molar-refractivity contribution in [1.29, 1.82) is 0 Å². The van der Waals surface area contributed by atoms with Gasteiger partial charge in [-0.15, -0.1) is 0 Å². The van der Waals surface area contributed by atoms with Gasteiger partial charge in [0.05, 0.1) is 4.90 Å². The molecule has 0 bridgehead atoms. The van der Waals surface area contributed by atoms with E-state index in [-0.39, 0.29) is 4.90 Å². The fourth-order valence-electron chi connectivity index (χ4n) is 1.65. The van der Waals surface area contributed by atoms with Crippen LogP contribution in [0.2, 0.25) is 0 Å². The summed E-state index contributed by atoms with van der Waals surface area (Å²) >= 11 is 0. The topological polar surface area (TPSA) is 72.2 Å². The number of rotatable bonds is 4. The van der Waals surface area contributed by atoms with Crippen molar-refractivity contribution in [3.8, 4) is 0 Å². The second-order valence-corrected chi connectivity index (χ2v) is 5.98. The standard InChI is InChI=1S/C11H16N2O2S/c12-10-4-6-11(7-5-10)16(14,15)13-8-9-2-1-3-9/h4-7,9,13H,1-3,8,12H2. The monoisotopic (exact) mass is 240 g/mol. The predicted octanol–water partition coefficient (Wildman–Crippen LogP) is 1.35. The molecule has 4 nitrogen and oxygen atoms in total. The van der Waals surface area contributed by atoms with Crippen LogP contribution in [0.3, 0.4) is 0 Å². The Kier molecular flexibility index (Phi) is 3.16. The van der Waals surface area contributed by atoms with Crippen LogP contribution in [0.15, 0.2) is 29.2 Å². The number of nitrogens with one attached hydrogen (secondary N) is 1. The second-order valence-electron chi connectivity index (χ2n) is 4.22. The van der Waals surface area contributed by atoms with E-state index in [1.165, 1.54) is 18.6 Å². The summed E-state index contributed by atoms with van der Waals surface area (Å²) < 4.78 is 26.3. The highest BCUT2D eigenvalue weighted by molar-refractivity contribution is 7.89. The summed E-state index contributed by atoms with van der Waals surface area (Å²) in [5, 5.41) is 0. The van der Waals surface area contributed by atoms with Gasteiger partial charge in [0.2, 0.25) is 10.0 Å². The Morgan fingerprint density at radius 3 is 2.38 bits per heavy atom. The molecule has 16 heavy (non-hydrogen) atoms. The molecule has 0 heterocycles. The minimum Gasteiger partial charge on any atom is -0.399 e. The zero-order valence-electron chi connectivity index (χ0n) is 9.02. The molecule has 0 amide bonds. The third kappa shape index (κ3) is 2.54. The molecule has 0 radical (unpaired) electrons. The van der Waals surface area contributed by atoms with Gasteiger partial charge in [0.1, 0.15) is 0 Å². The summed E-state index contributed by atoms with van der Waals surface area (Å²) in [5.41, 5.74) is 6.08. The smallest absolute Gasteiger partial charge is 0.240 e. The van der Waals surface area contributed by atoms with Crippen molar-refractivity contribution in [2.24, 2.45) is 5.92 Å². The summed E-state index contributed by atoms with van der Waals surface area (Å²) in [5.74, 6) is 0.517. The van der Waals surface area contributed by atoms with E-state index in [4.69, 9.17) is 5.73 Å². The fraction of sp³-hybridized carbons (Fsp3) is 0.455. The number of nitrogens with two attached hydrogens (primary N) is 1. The average Bonchev–Trinajstić information content (AvgIpc) is 2.15. The first-order valence-electron chi connectivity index (χ1n) is 5.43. The molecule has 1 fully saturated rings. The van der Waals surface area contributed by atoms with E-state index in [0.717, 1.165) is 12.8 Å². The highest BCUT2D eigenvalue weighted by Gasteiger charge is 2.21. The highest BCUT2D eigenvalue weighted by Crippen LogP contribution is 2.25. The van der Waals surface area contributed by atoms with Gasteiger partial charge in [0, 0.05) is 12.2 Å². The van der Waals surface area contributed by atoms with Crippen LogP contribution in [0, 0.1) is 5.92 Å². The zero-order chi connectivity index (χ0) is 11.6. The molecule has 1 aromatic rings. The number of benzene rings is 1. The molecule has 1 aliphatic carbocycles. The molecule has 0 saturated heterocycles. The molecule has 5 heteroatoms. The van der Waals surface area contributed by atoms with Crippen LogP contribution in [0.4, 0.5) is 5.69 Å². The fourth-order valence-corrected chi connectivity index (χ4v) is 2.77. The van der Waals surface area contributed by atoms with Crippen molar-refractivity contribution in [2.45, 2.75) is 24.2 Å². The summed E-state index contributed by atoms with van der Waals surface area (Å²) in [6.07, 6.45) is 3.47. The second kappa shape index (κ2) is 4.43. The van der Waals surface area contributed by atoms with Gasteiger partial charge in [-0.2, -0.15) is 0 Å². The SMILES string of the molecule is Nc1ccc(S(=O)(=O)NCC2CCC2)cc1. The van der Waals surface area contributed by atoms with Crippen molar-refractivity contribution in [3.05, 3.63) is 24.3 Å². The molecule has 0 aliphatic heterocycles. The van der Waals surface area contributed by atoms with Crippen molar-refractivity contribution in [1.82, 2.24) is 4.72 Å². The molecule has 0 atom stereocenters. The summed E-state index contributed by atoms with van der Waals surface area (Å²) in [7, 11) is -3.35. The number of anilines is 1. The Morgan fingerprint density at radius 1 is 1.25 bits per heavy atom. The highest BCUT2D eigenvalue weighted by atomic mass is 32.2. The number of nitrogen functional groups attached to an aromatic ring is 1. The molecule has 0 unspecified atom stereocenters. The van der Waals surface area contributed by atoms with E-state index < -0.39 is 10.0 Å². The van der Waals surface area contributed by atoms with Gasteiger partial charge in [-0.3, -0.25) is 0 Å². The first-order chi connectivity index (χ1) is 7.58. The van der Waals surface area contributed by atoms with E-state index in [9.17, 15) is 8.42 Å². The molecule has 0 aromatic heterocycles. The molecule has 3 N–H and O–H groups in total. The van der Waals surface area contributed by atoms with Gasteiger partial charge in [-0.05, 0) is 43.0 Å². The van der Waals surface area contributed by atoms with Crippen molar-refractivity contribution >= 4 is 15.7 Å². The van der Waals surface area contributed by atoms with Crippen LogP contribution in [0.25, 0.3) is 0 Å². The largest absolute Gasteiger partial charge is 0.399 e. The molecule has 88 valence electrons. The molecule has 1 aliphatic rings. The molecule has 0 spiro atoms. The van der Waals surface area contributed by atoms with Gasteiger partial charge in [-0.25, -0.2) is 13.1 Å². The van der Waals surface area contributed by atoms with E-state index in [2.05, 4.69) is 4.72 Å². The lowest BCUT2D eigenvalue weighted by atomic mass is 9.86. The Hall–Kier alpha value is -1.07. The number of hydrogen-bond acceptors (Lipinski definition) is 3. The van der Waals surface area contributed by atoms with Crippen molar-refractivity contribution in [3.63, 3.8) is 0 Å². The van der Waals surface area contributed by atoms with E-state index in [1.807, 2.05) is 0 Å². The van der Waals surface area contributed by atoms with Crippen LogP contribution in [-0.4, -0.2) is 15.0 Å². The lowest BCUT2D eigenvalue weighted by molar-refractivity contribution is 0.316. The van der Waals surface area contributed by atoms with Gasteiger partial charge in [-0.1, -0.05) is 6.42 Å². The maximum absolute atomic E-state index is 11.8. The maximum Gasteiger partial charge on any atom is 0.240 e. The molecular formula is C11H16N2O2S. The summed E-state index contributed by atoms with van der Waals surface area (Å²) in [6, 6.07) is 6.24. The van der Waals surface area contributed by atoms with Crippen molar-refractivity contribution < 1.29 is 8.42 Å². The van der Waals surface area contributed by atoms with Gasteiger partial charge < -0.3 is 5.73 Å². The number of sulfonamides is 1. The van der Waals surface area contributed by atoms with E-state index >= 15 is 0 Å². The molecule has 2 rings (SSSR count). The van der Waals surface area contributed by atoms with Crippen molar-refractivity contribution in [2.75, 3.05) is 12.3 Å². The minimum absolute atomic E-state index is 0.279. The molecule has 1 saturated carbocycles. The summed E-state index contributed by atoms with van der Waals surface area (Å²) in [4.78, 5) is 0.279. The first kappa shape index (κ1) is 11.4. The van der Waals surface area contributed by atoms with Crippen LogP contribution in [-0.2, 0) is 10.0 Å². The minimum atomic E-state index is -3.35. The van der Waals surface area contributed by atoms with Crippen LogP contribution >= 0.6 is 0 Å².